The van der Waals surface area contributed by atoms with Gasteiger partial charge in [-0.25, -0.2) is 4.79 Å². The van der Waals surface area contributed by atoms with E-state index in [0.717, 1.165) is 29.7 Å². The predicted octanol–water partition coefficient (Wildman–Crippen LogP) is 6.28. The van der Waals surface area contributed by atoms with Crippen molar-refractivity contribution in [2.75, 3.05) is 17.7 Å². The third-order valence-corrected chi connectivity index (χ3v) is 8.62. The molecule has 4 rings (SSSR count). The minimum atomic E-state index is -0.382. The Balaban J connectivity index is 1.42. The van der Waals surface area contributed by atoms with E-state index in [-0.39, 0.29) is 30.8 Å². The molecule has 2 heterocycles. The zero-order valence-electron chi connectivity index (χ0n) is 20.8. The van der Waals surface area contributed by atoms with E-state index in [1.807, 2.05) is 11.5 Å². The van der Waals surface area contributed by atoms with Gasteiger partial charge < -0.3 is 19.4 Å². The average molecular weight is 584 g/mol. The normalized spacial score (nSPS) is 14.8. The lowest BCUT2D eigenvalue weighted by atomic mass is 9.88. The Morgan fingerprint density at radius 2 is 2.08 bits per heavy atom. The number of thiophene rings is 1. The fourth-order valence-corrected chi connectivity index (χ4v) is 6.70. The van der Waals surface area contributed by atoms with Gasteiger partial charge in [0.15, 0.2) is 11.0 Å². The first-order valence-corrected chi connectivity index (χ1v) is 14.6. The molecule has 1 aliphatic rings. The lowest BCUT2D eigenvalue weighted by molar-refractivity contribution is -0.113. The summed E-state index contributed by atoms with van der Waals surface area (Å²) in [6, 6.07) is 5.00. The van der Waals surface area contributed by atoms with Crippen molar-refractivity contribution in [2.45, 2.75) is 58.3 Å². The van der Waals surface area contributed by atoms with Gasteiger partial charge >= 0.3 is 5.97 Å². The van der Waals surface area contributed by atoms with Gasteiger partial charge in [0.2, 0.25) is 5.91 Å². The Morgan fingerprint density at radius 3 is 2.84 bits per heavy atom. The number of esters is 1. The van der Waals surface area contributed by atoms with Gasteiger partial charge in [-0.3, -0.25) is 4.79 Å². The van der Waals surface area contributed by atoms with Crippen LogP contribution in [0.25, 0.3) is 0 Å². The summed E-state index contributed by atoms with van der Waals surface area (Å²) in [5, 5.41) is 13.5. The number of aromatic nitrogens is 3. The molecule has 2 aromatic heterocycles. The second kappa shape index (κ2) is 12.5. The minimum Gasteiger partial charge on any atom is -0.484 e. The molecule has 1 N–H and O–H groups in total. The van der Waals surface area contributed by atoms with Crippen molar-refractivity contribution in [2.24, 2.45) is 5.92 Å². The highest BCUT2D eigenvalue weighted by molar-refractivity contribution is 7.99. The molecule has 1 amide bonds. The molecule has 0 aliphatic heterocycles. The van der Waals surface area contributed by atoms with Crippen molar-refractivity contribution in [3.63, 3.8) is 0 Å². The molecule has 198 valence electrons. The fourth-order valence-electron chi connectivity index (χ4n) is 4.13. The van der Waals surface area contributed by atoms with Crippen molar-refractivity contribution in [3.05, 3.63) is 50.1 Å². The van der Waals surface area contributed by atoms with Crippen LogP contribution in [0.4, 0.5) is 5.00 Å². The highest BCUT2D eigenvalue weighted by Gasteiger charge is 2.29. The first-order chi connectivity index (χ1) is 17.8. The van der Waals surface area contributed by atoms with Crippen molar-refractivity contribution < 1.29 is 19.1 Å². The Morgan fingerprint density at radius 1 is 1.27 bits per heavy atom. The number of amides is 1. The van der Waals surface area contributed by atoms with Gasteiger partial charge in [0.25, 0.3) is 0 Å². The number of thioether (sulfide) groups is 1. The first-order valence-electron chi connectivity index (χ1n) is 12.0. The first kappa shape index (κ1) is 27.8. The summed E-state index contributed by atoms with van der Waals surface area (Å²) < 4.78 is 13.0. The van der Waals surface area contributed by atoms with E-state index in [1.54, 1.807) is 25.1 Å². The lowest BCUT2D eigenvalue weighted by Gasteiger charge is -2.18. The van der Waals surface area contributed by atoms with E-state index in [2.05, 4.69) is 22.4 Å². The molecule has 0 fully saturated rings. The van der Waals surface area contributed by atoms with Gasteiger partial charge in [0.1, 0.15) is 17.4 Å². The van der Waals surface area contributed by atoms with Crippen LogP contribution in [0.1, 0.15) is 53.8 Å². The van der Waals surface area contributed by atoms with Crippen LogP contribution in [0.3, 0.4) is 0 Å². The number of ether oxygens (including phenoxy) is 2. The van der Waals surface area contributed by atoms with Crippen LogP contribution in [-0.4, -0.2) is 39.0 Å². The Hall–Kier alpha value is -2.27. The van der Waals surface area contributed by atoms with Gasteiger partial charge in [0, 0.05) is 22.5 Å². The second-order valence-electron chi connectivity index (χ2n) is 8.62. The number of nitrogens with one attached hydrogen (secondary N) is 1. The highest BCUT2D eigenvalue weighted by atomic mass is 35.5. The monoisotopic (exact) mass is 582 g/mol. The van der Waals surface area contributed by atoms with Gasteiger partial charge in [-0.15, -0.1) is 21.5 Å². The number of carbonyl (C=O) groups is 2. The van der Waals surface area contributed by atoms with Gasteiger partial charge in [-0.1, -0.05) is 41.9 Å². The summed E-state index contributed by atoms with van der Waals surface area (Å²) in [5.41, 5.74) is 1.52. The number of benzene rings is 1. The maximum Gasteiger partial charge on any atom is 0.341 e. The smallest absolute Gasteiger partial charge is 0.341 e. The van der Waals surface area contributed by atoms with Crippen LogP contribution in [0.2, 0.25) is 10.0 Å². The highest BCUT2D eigenvalue weighted by Crippen LogP contribution is 2.40. The van der Waals surface area contributed by atoms with Crippen LogP contribution in [0.5, 0.6) is 5.75 Å². The number of carbonyl (C=O) groups excluding carboxylic acids is 2. The number of fused-ring (bicyclic) bond motifs is 1. The Bertz CT molecular complexity index is 1290. The largest absolute Gasteiger partial charge is 0.484 e. The van der Waals surface area contributed by atoms with Crippen LogP contribution in [-0.2, 0) is 35.5 Å². The number of hydrogen-bond acceptors (Lipinski definition) is 8. The van der Waals surface area contributed by atoms with Gasteiger partial charge in [-0.05, 0) is 56.7 Å². The van der Waals surface area contributed by atoms with Crippen molar-refractivity contribution in [3.8, 4) is 5.75 Å². The average Bonchev–Trinajstić information content (AvgIpc) is 3.43. The molecular formula is C25H28Cl2N4O4S2. The number of hydrogen-bond donors (Lipinski definition) is 1. The van der Waals surface area contributed by atoms with Gasteiger partial charge in [-0.2, -0.15) is 0 Å². The quantitative estimate of drug-likeness (QED) is 0.222. The zero-order valence-corrected chi connectivity index (χ0v) is 24.0. The Labute approximate surface area is 234 Å². The SMILES string of the molecule is CCOC(=O)c1c(NC(=O)CSc2nnc(COc3cc(Cl)ccc3Cl)n2CC)sc2c1CCC(C)C2. The number of rotatable bonds is 10. The molecule has 1 aliphatic carbocycles. The fraction of sp³-hybridized carbons (Fsp3) is 0.440. The standard InChI is InChI=1S/C25H28Cl2N4O4S2/c1-4-31-20(12-35-18-11-15(26)7-9-17(18)27)29-30-25(31)36-13-21(32)28-23-22(24(33)34-5-2)16-8-6-14(3)10-19(16)37-23/h7,9,11,14H,4-6,8,10,12-13H2,1-3H3,(H,28,32). The van der Waals surface area contributed by atoms with Crippen LogP contribution < -0.4 is 10.1 Å². The summed E-state index contributed by atoms with van der Waals surface area (Å²) >= 11 is 15.0. The van der Waals surface area contributed by atoms with E-state index >= 15 is 0 Å². The molecule has 1 atom stereocenters. The van der Waals surface area contributed by atoms with E-state index < -0.39 is 0 Å². The molecular weight excluding hydrogens is 555 g/mol. The predicted molar refractivity (Wildman–Crippen MR) is 147 cm³/mol. The van der Waals surface area contributed by atoms with E-state index in [9.17, 15) is 9.59 Å². The Kier molecular flexibility index (Phi) is 9.39. The topological polar surface area (TPSA) is 95.3 Å². The van der Waals surface area contributed by atoms with Crippen molar-refractivity contribution in [1.82, 2.24) is 14.8 Å². The summed E-state index contributed by atoms with van der Waals surface area (Å²) in [5.74, 6) is 1.11. The molecule has 1 aromatic carbocycles. The molecule has 0 saturated heterocycles. The summed E-state index contributed by atoms with van der Waals surface area (Å²) in [6.45, 7) is 6.98. The molecule has 12 heteroatoms. The van der Waals surface area contributed by atoms with Crippen LogP contribution in [0, 0.1) is 5.92 Å². The van der Waals surface area contributed by atoms with Crippen molar-refractivity contribution >= 4 is 63.2 Å². The van der Waals surface area contributed by atoms with Gasteiger partial charge in [0.05, 0.1) is 22.9 Å². The summed E-state index contributed by atoms with van der Waals surface area (Å²) in [4.78, 5) is 26.8. The molecule has 3 aromatic rings. The second-order valence-corrected chi connectivity index (χ2v) is 11.5. The molecule has 37 heavy (non-hydrogen) atoms. The van der Waals surface area contributed by atoms with Crippen LogP contribution >= 0.6 is 46.3 Å². The van der Waals surface area contributed by atoms with E-state index in [0.29, 0.717) is 49.8 Å². The summed E-state index contributed by atoms with van der Waals surface area (Å²) in [7, 11) is 0. The number of halogens is 2. The van der Waals surface area contributed by atoms with Crippen LogP contribution in [0.15, 0.2) is 23.4 Å². The maximum absolute atomic E-state index is 12.9. The third-order valence-electron chi connectivity index (χ3n) is 5.94. The van der Waals surface area contributed by atoms with Crippen molar-refractivity contribution in [1.29, 1.82) is 0 Å². The molecule has 1 unspecified atom stereocenters. The molecule has 0 spiro atoms. The van der Waals surface area contributed by atoms with E-state index in [4.69, 9.17) is 32.7 Å². The third kappa shape index (κ3) is 6.60. The van der Waals surface area contributed by atoms with E-state index in [1.165, 1.54) is 23.1 Å². The number of nitrogens with zero attached hydrogens (tertiary/aromatic N) is 3. The lowest BCUT2D eigenvalue weighted by Crippen LogP contribution is -2.18. The molecule has 8 nitrogen and oxygen atoms in total. The number of anilines is 1. The maximum atomic E-state index is 12.9. The molecule has 0 saturated carbocycles. The molecule has 0 bridgehead atoms. The summed E-state index contributed by atoms with van der Waals surface area (Å²) in [6.07, 6.45) is 2.74. The minimum absolute atomic E-state index is 0.111. The zero-order chi connectivity index (χ0) is 26.5. The molecule has 0 radical (unpaired) electrons.